The van der Waals surface area contributed by atoms with E-state index in [2.05, 4.69) is 20.0 Å². The molecule has 0 aliphatic heterocycles. The first kappa shape index (κ1) is 16.5. The third-order valence-corrected chi connectivity index (χ3v) is 2.75. The van der Waals surface area contributed by atoms with Crippen molar-refractivity contribution in [2.24, 2.45) is 0 Å². The Labute approximate surface area is 121 Å². The third-order valence-electron chi connectivity index (χ3n) is 2.75. The zero-order valence-corrected chi connectivity index (χ0v) is 11.8. The van der Waals surface area contributed by atoms with Crippen LogP contribution in [-0.2, 0) is 20.9 Å². The van der Waals surface area contributed by atoms with Crippen molar-refractivity contribution < 1.29 is 24.2 Å². The molecule has 0 aliphatic carbocycles. The van der Waals surface area contributed by atoms with Gasteiger partial charge in [0.2, 0.25) is 0 Å². The molecule has 1 aromatic heterocycles. The molecule has 0 fully saturated rings. The number of esters is 1. The molecule has 116 valence electrons. The Balaban J connectivity index is 2.51. The summed E-state index contributed by atoms with van der Waals surface area (Å²) in [6, 6.07) is -1.72. The molecule has 0 spiro atoms. The number of urea groups is 1. The zero-order valence-electron chi connectivity index (χ0n) is 11.8. The van der Waals surface area contributed by atoms with Gasteiger partial charge >= 0.3 is 18.0 Å². The number of amides is 2. The number of aromatic nitrogens is 2. The summed E-state index contributed by atoms with van der Waals surface area (Å²) in [5.74, 6) is -1.16. The quantitative estimate of drug-likeness (QED) is 0.606. The van der Waals surface area contributed by atoms with Gasteiger partial charge in [-0.05, 0) is 6.42 Å². The largest absolute Gasteiger partial charge is 0.480 e. The summed E-state index contributed by atoms with van der Waals surface area (Å²) in [4.78, 5) is 42.1. The Kier molecular flexibility index (Phi) is 6.18. The van der Waals surface area contributed by atoms with E-state index in [4.69, 9.17) is 5.11 Å². The monoisotopic (exact) mass is 298 g/mol. The molecule has 1 rings (SSSR count). The van der Waals surface area contributed by atoms with Crippen LogP contribution in [0.3, 0.4) is 0 Å². The van der Waals surface area contributed by atoms with Crippen LogP contribution in [0.5, 0.6) is 0 Å². The maximum Gasteiger partial charge on any atom is 0.326 e. The number of carbonyl (C=O) groups is 3. The summed E-state index contributed by atoms with van der Waals surface area (Å²) in [7, 11) is 2.73. The first-order chi connectivity index (χ1) is 9.93. The molecule has 0 radical (unpaired) electrons. The van der Waals surface area contributed by atoms with Crippen molar-refractivity contribution in [1.29, 1.82) is 0 Å². The highest BCUT2D eigenvalue weighted by atomic mass is 16.5. The van der Waals surface area contributed by atoms with Crippen LogP contribution in [0.2, 0.25) is 0 Å². The average Bonchev–Trinajstić information content (AvgIpc) is 2.95. The van der Waals surface area contributed by atoms with E-state index >= 15 is 0 Å². The van der Waals surface area contributed by atoms with Crippen molar-refractivity contribution in [3.05, 3.63) is 18.2 Å². The Morgan fingerprint density at radius 3 is 2.76 bits per heavy atom. The Hall–Kier alpha value is -2.58. The fourth-order valence-electron chi connectivity index (χ4n) is 1.56. The van der Waals surface area contributed by atoms with E-state index in [1.807, 2.05) is 0 Å². The molecule has 21 heavy (non-hydrogen) atoms. The number of aliphatic carboxylic acids is 1. The van der Waals surface area contributed by atoms with Gasteiger partial charge in [0.15, 0.2) is 0 Å². The predicted molar refractivity (Wildman–Crippen MR) is 71.3 cm³/mol. The van der Waals surface area contributed by atoms with Crippen molar-refractivity contribution >= 4 is 18.0 Å². The number of hydrogen-bond acceptors (Lipinski definition) is 5. The van der Waals surface area contributed by atoms with Gasteiger partial charge in [0.25, 0.3) is 0 Å². The van der Waals surface area contributed by atoms with Crippen molar-refractivity contribution in [3.8, 4) is 0 Å². The molecule has 0 unspecified atom stereocenters. The highest BCUT2D eigenvalue weighted by Gasteiger charge is 2.23. The number of carboxylic acids is 1. The summed E-state index contributed by atoms with van der Waals surface area (Å²) in [5.41, 5.74) is 0. The number of rotatable bonds is 7. The van der Waals surface area contributed by atoms with Gasteiger partial charge in [0.05, 0.1) is 13.7 Å². The van der Waals surface area contributed by atoms with Crippen molar-refractivity contribution in [2.45, 2.75) is 25.4 Å². The van der Waals surface area contributed by atoms with Crippen LogP contribution in [0, 0.1) is 0 Å². The fourth-order valence-corrected chi connectivity index (χ4v) is 1.56. The van der Waals surface area contributed by atoms with Crippen LogP contribution in [0.4, 0.5) is 4.79 Å². The Bertz CT molecular complexity index is 488. The predicted octanol–water partition coefficient (Wildman–Crippen LogP) is -0.0425. The number of ether oxygens (including phenoxy) is 1. The average molecular weight is 298 g/mol. The minimum atomic E-state index is -1.21. The molecule has 0 saturated carbocycles. The molecule has 0 aliphatic rings. The molecule has 0 aromatic carbocycles. The van der Waals surface area contributed by atoms with Crippen LogP contribution in [0.1, 0.15) is 18.7 Å². The lowest BCUT2D eigenvalue weighted by atomic mass is 10.1. The number of carbonyl (C=O) groups excluding carboxylic acids is 2. The highest BCUT2D eigenvalue weighted by Crippen LogP contribution is 2.02. The second-order valence-corrected chi connectivity index (χ2v) is 4.35. The summed E-state index contributed by atoms with van der Waals surface area (Å²) in [5, 5.41) is 11.4. The van der Waals surface area contributed by atoms with Crippen molar-refractivity contribution in [1.82, 2.24) is 20.2 Å². The number of aromatic amines is 1. The van der Waals surface area contributed by atoms with Crippen LogP contribution in [-0.4, -0.2) is 58.1 Å². The number of carboxylic acid groups (broad SMARTS) is 1. The highest BCUT2D eigenvalue weighted by molar-refractivity contribution is 5.83. The molecule has 0 saturated heterocycles. The van der Waals surface area contributed by atoms with E-state index in [1.165, 1.54) is 19.1 Å². The third kappa shape index (κ3) is 5.51. The van der Waals surface area contributed by atoms with Crippen LogP contribution < -0.4 is 5.32 Å². The number of hydrogen-bond donors (Lipinski definition) is 3. The molecule has 1 aromatic rings. The van der Waals surface area contributed by atoms with Gasteiger partial charge in [-0.1, -0.05) is 0 Å². The number of nitrogens with zero attached hydrogens (tertiary/aromatic N) is 2. The Morgan fingerprint density at radius 1 is 1.52 bits per heavy atom. The molecule has 2 amide bonds. The van der Waals surface area contributed by atoms with E-state index in [0.29, 0.717) is 5.82 Å². The van der Waals surface area contributed by atoms with E-state index in [0.717, 1.165) is 0 Å². The van der Waals surface area contributed by atoms with Gasteiger partial charge in [-0.3, -0.25) is 4.79 Å². The minimum absolute atomic E-state index is 0.0393. The lowest BCUT2D eigenvalue weighted by Crippen LogP contribution is -2.46. The summed E-state index contributed by atoms with van der Waals surface area (Å²) < 4.78 is 4.44. The fraction of sp³-hybridized carbons (Fsp3) is 0.500. The number of H-pyrrole nitrogens is 1. The maximum absolute atomic E-state index is 11.9. The lowest BCUT2D eigenvalue weighted by Gasteiger charge is -2.20. The molecule has 1 atom stereocenters. The van der Waals surface area contributed by atoms with E-state index < -0.39 is 24.0 Å². The topological polar surface area (TPSA) is 125 Å². The van der Waals surface area contributed by atoms with E-state index in [1.54, 1.807) is 12.4 Å². The smallest absolute Gasteiger partial charge is 0.326 e. The molecule has 0 bridgehead atoms. The summed E-state index contributed by atoms with van der Waals surface area (Å²) in [6.07, 6.45) is 3.05. The maximum atomic E-state index is 11.9. The van der Waals surface area contributed by atoms with E-state index in [-0.39, 0.29) is 19.4 Å². The second kappa shape index (κ2) is 7.88. The first-order valence-corrected chi connectivity index (χ1v) is 6.23. The molecular formula is C12H18N4O5. The molecule has 3 N–H and O–H groups in total. The van der Waals surface area contributed by atoms with Gasteiger partial charge in [-0.15, -0.1) is 0 Å². The minimum Gasteiger partial charge on any atom is -0.480 e. The van der Waals surface area contributed by atoms with Crippen molar-refractivity contribution in [3.63, 3.8) is 0 Å². The van der Waals surface area contributed by atoms with Crippen LogP contribution in [0.15, 0.2) is 12.4 Å². The standard InChI is InChI=1S/C12H18N4O5/c1-16(7-9-13-5-6-14-9)12(20)15-8(11(18)19)3-4-10(17)21-2/h5-6,8H,3-4,7H2,1-2H3,(H,13,14)(H,15,20)(H,18,19)/t8-/m0/s1. The first-order valence-electron chi connectivity index (χ1n) is 6.23. The lowest BCUT2D eigenvalue weighted by molar-refractivity contribution is -0.142. The normalized spacial score (nSPS) is 11.5. The zero-order chi connectivity index (χ0) is 15.8. The molecule has 9 nitrogen and oxygen atoms in total. The van der Waals surface area contributed by atoms with Crippen LogP contribution >= 0.6 is 0 Å². The van der Waals surface area contributed by atoms with Gasteiger partial charge in [-0.2, -0.15) is 0 Å². The molecule has 1 heterocycles. The molecule has 9 heteroatoms. The molecular weight excluding hydrogens is 280 g/mol. The van der Waals surface area contributed by atoms with Gasteiger partial charge in [-0.25, -0.2) is 14.6 Å². The van der Waals surface area contributed by atoms with Crippen molar-refractivity contribution in [2.75, 3.05) is 14.2 Å². The van der Waals surface area contributed by atoms with Gasteiger partial charge in [0.1, 0.15) is 11.9 Å². The Morgan fingerprint density at radius 2 is 2.24 bits per heavy atom. The number of imidazole rings is 1. The number of nitrogens with one attached hydrogen (secondary N) is 2. The SMILES string of the molecule is COC(=O)CC[C@H](NC(=O)N(C)Cc1ncc[nH]1)C(=O)O. The number of methoxy groups -OCH3 is 1. The van der Waals surface area contributed by atoms with E-state index in [9.17, 15) is 14.4 Å². The van der Waals surface area contributed by atoms with Crippen LogP contribution in [0.25, 0.3) is 0 Å². The summed E-state index contributed by atoms with van der Waals surface area (Å²) in [6.45, 7) is 0.210. The van der Waals surface area contributed by atoms with Gasteiger partial charge < -0.3 is 25.0 Å². The summed E-state index contributed by atoms with van der Waals surface area (Å²) >= 11 is 0. The second-order valence-electron chi connectivity index (χ2n) is 4.35. The van der Waals surface area contributed by atoms with Gasteiger partial charge in [0, 0.05) is 25.9 Å².